The first-order chi connectivity index (χ1) is 9.06. The predicted octanol–water partition coefficient (Wildman–Crippen LogP) is 2.88. The molecule has 3 nitrogen and oxygen atoms in total. The van der Waals surface area contributed by atoms with E-state index in [1.165, 1.54) is 0 Å². The quantitative estimate of drug-likeness (QED) is 0.746. The number of Topliss-reactive ketones (excluding diaryl/α,β-unsaturated/α-hetero) is 1. The van der Waals surface area contributed by atoms with Gasteiger partial charge in [0.25, 0.3) is 0 Å². The third kappa shape index (κ3) is 5.31. The Morgan fingerprint density at radius 1 is 1.32 bits per heavy atom. The first-order valence-corrected chi connectivity index (χ1v) is 6.93. The highest BCUT2D eigenvalue weighted by molar-refractivity contribution is 6.30. The van der Waals surface area contributed by atoms with Gasteiger partial charge in [-0.15, -0.1) is 0 Å². The van der Waals surface area contributed by atoms with E-state index in [1.54, 1.807) is 7.11 Å². The summed E-state index contributed by atoms with van der Waals surface area (Å²) in [4.78, 5) is 12.3. The van der Waals surface area contributed by atoms with E-state index < -0.39 is 0 Å². The molecule has 1 aromatic rings. The molecule has 1 N–H and O–H groups in total. The minimum atomic E-state index is -0.130. The summed E-state index contributed by atoms with van der Waals surface area (Å²) < 4.78 is 4.99. The van der Waals surface area contributed by atoms with Gasteiger partial charge in [0.15, 0.2) is 0 Å². The van der Waals surface area contributed by atoms with E-state index in [0.717, 1.165) is 12.1 Å². The Hall–Kier alpha value is -0.900. The number of ether oxygens (including phenoxy) is 1. The standard InChI is InChI=1S/C15H22ClNO2/c1-11(2)15(18)14(10-17-8-9-19-3)12-4-6-13(16)7-5-12/h4-7,11,14,17H,8-10H2,1-3H3/t14-/m1/s1. The predicted molar refractivity (Wildman–Crippen MR) is 78.8 cm³/mol. The number of ketones is 1. The molecule has 19 heavy (non-hydrogen) atoms. The second kappa shape index (κ2) is 8.31. The van der Waals surface area contributed by atoms with E-state index >= 15 is 0 Å². The molecule has 0 unspecified atom stereocenters. The molecule has 4 heteroatoms. The number of carbonyl (C=O) groups excluding carboxylic acids is 1. The largest absolute Gasteiger partial charge is 0.383 e. The van der Waals surface area contributed by atoms with Gasteiger partial charge < -0.3 is 10.1 Å². The lowest BCUT2D eigenvalue weighted by molar-refractivity contribution is -0.123. The lowest BCUT2D eigenvalue weighted by Gasteiger charge is -2.19. The van der Waals surface area contributed by atoms with Gasteiger partial charge in [0, 0.05) is 31.1 Å². The normalized spacial score (nSPS) is 12.7. The summed E-state index contributed by atoms with van der Waals surface area (Å²) in [5, 5.41) is 3.94. The minimum Gasteiger partial charge on any atom is -0.383 e. The van der Waals surface area contributed by atoms with Crippen LogP contribution in [0, 0.1) is 5.92 Å². The van der Waals surface area contributed by atoms with Crippen molar-refractivity contribution in [3.8, 4) is 0 Å². The highest BCUT2D eigenvalue weighted by Gasteiger charge is 2.22. The van der Waals surface area contributed by atoms with Crippen molar-refractivity contribution in [1.29, 1.82) is 0 Å². The van der Waals surface area contributed by atoms with Crippen LogP contribution < -0.4 is 5.32 Å². The molecule has 1 aromatic carbocycles. The Labute approximate surface area is 120 Å². The number of methoxy groups -OCH3 is 1. The van der Waals surface area contributed by atoms with E-state index in [1.807, 2.05) is 38.1 Å². The maximum absolute atomic E-state index is 12.3. The first-order valence-electron chi connectivity index (χ1n) is 6.55. The summed E-state index contributed by atoms with van der Waals surface area (Å²) in [6, 6.07) is 7.50. The Balaban J connectivity index is 2.74. The summed E-state index contributed by atoms with van der Waals surface area (Å²) in [5.41, 5.74) is 1.01. The topological polar surface area (TPSA) is 38.3 Å². The lowest BCUT2D eigenvalue weighted by atomic mass is 9.89. The zero-order valence-corrected chi connectivity index (χ0v) is 12.5. The number of carbonyl (C=O) groups is 1. The van der Waals surface area contributed by atoms with Gasteiger partial charge in [0.05, 0.1) is 12.5 Å². The zero-order valence-electron chi connectivity index (χ0n) is 11.8. The van der Waals surface area contributed by atoms with Gasteiger partial charge in [-0.3, -0.25) is 4.79 Å². The summed E-state index contributed by atoms with van der Waals surface area (Å²) in [7, 11) is 1.66. The molecule has 0 aliphatic carbocycles. The van der Waals surface area contributed by atoms with Crippen molar-refractivity contribution in [2.75, 3.05) is 26.8 Å². The fourth-order valence-electron chi connectivity index (χ4n) is 1.90. The van der Waals surface area contributed by atoms with Crippen LogP contribution in [0.1, 0.15) is 25.3 Å². The molecule has 0 fully saturated rings. The maximum atomic E-state index is 12.3. The first kappa shape index (κ1) is 16.2. The Kier molecular flexibility index (Phi) is 7.06. The SMILES string of the molecule is COCCNC[C@@H](C(=O)C(C)C)c1ccc(Cl)cc1. The molecule has 0 amide bonds. The van der Waals surface area contributed by atoms with Crippen LogP contribution >= 0.6 is 11.6 Å². The van der Waals surface area contributed by atoms with E-state index in [4.69, 9.17) is 16.3 Å². The molecule has 0 aliphatic heterocycles. The van der Waals surface area contributed by atoms with Crippen LogP contribution in [0.3, 0.4) is 0 Å². The molecule has 0 radical (unpaired) electrons. The van der Waals surface area contributed by atoms with Crippen molar-refractivity contribution in [3.05, 3.63) is 34.9 Å². The molecule has 0 aliphatic rings. The fraction of sp³-hybridized carbons (Fsp3) is 0.533. The van der Waals surface area contributed by atoms with Gasteiger partial charge in [-0.1, -0.05) is 37.6 Å². The van der Waals surface area contributed by atoms with E-state index in [0.29, 0.717) is 18.2 Å². The number of hydrogen-bond acceptors (Lipinski definition) is 3. The number of hydrogen-bond donors (Lipinski definition) is 1. The van der Waals surface area contributed by atoms with Gasteiger partial charge in [0.2, 0.25) is 0 Å². The average molecular weight is 284 g/mol. The van der Waals surface area contributed by atoms with Crippen LogP contribution in [0.15, 0.2) is 24.3 Å². The van der Waals surface area contributed by atoms with Crippen LogP contribution in [-0.4, -0.2) is 32.6 Å². The Bertz CT molecular complexity index is 390. The van der Waals surface area contributed by atoms with E-state index in [2.05, 4.69) is 5.32 Å². The van der Waals surface area contributed by atoms with Gasteiger partial charge in [0.1, 0.15) is 5.78 Å². The van der Waals surface area contributed by atoms with Crippen molar-refractivity contribution in [2.45, 2.75) is 19.8 Å². The van der Waals surface area contributed by atoms with Crippen LogP contribution in [0.5, 0.6) is 0 Å². The zero-order chi connectivity index (χ0) is 14.3. The van der Waals surface area contributed by atoms with Crippen molar-refractivity contribution in [3.63, 3.8) is 0 Å². The highest BCUT2D eigenvalue weighted by Crippen LogP contribution is 2.21. The lowest BCUT2D eigenvalue weighted by Crippen LogP contribution is -2.31. The van der Waals surface area contributed by atoms with Crippen LogP contribution in [0.2, 0.25) is 5.02 Å². The smallest absolute Gasteiger partial charge is 0.144 e. The van der Waals surface area contributed by atoms with Gasteiger partial charge in [-0.25, -0.2) is 0 Å². The summed E-state index contributed by atoms with van der Waals surface area (Å²) in [6.45, 7) is 5.87. The summed E-state index contributed by atoms with van der Waals surface area (Å²) in [5.74, 6) is 0.131. The molecular weight excluding hydrogens is 262 g/mol. The average Bonchev–Trinajstić information content (AvgIpc) is 2.39. The van der Waals surface area contributed by atoms with Gasteiger partial charge in [-0.2, -0.15) is 0 Å². The van der Waals surface area contributed by atoms with Crippen molar-refractivity contribution >= 4 is 17.4 Å². The molecule has 0 heterocycles. The molecule has 0 spiro atoms. The van der Waals surface area contributed by atoms with Crippen molar-refractivity contribution < 1.29 is 9.53 Å². The molecule has 106 valence electrons. The molecule has 0 saturated heterocycles. The number of rotatable bonds is 8. The van der Waals surface area contributed by atoms with Crippen LogP contribution in [0.25, 0.3) is 0 Å². The molecule has 1 rings (SSSR count). The third-order valence-electron chi connectivity index (χ3n) is 3.02. The molecule has 0 saturated carbocycles. The maximum Gasteiger partial charge on any atom is 0.144 e. The highest BCUT2D eigenvalue weighted by atomic mass is 35.5. The fourth-order valence-corrected chi connectivity index (χ4v) is 2.03. The second-order valence-corrected chi connectivity index (χ2v) is 5.29. The number of halogens is 1. The number of nitrogens with one attached hydrogen (secondary N) is 1. The van der Waals surface area contributed by atoms with Gasteiger partial charge >= 0.3 is 0 Å². The summed E-state index contributed by atoms with van der Waals surface area (Å²) >= 11 is 5.89. The Morgan fingerprint density at radius 2 is 1.95 bits per heavy atom. The van der Waals surface area contributed by atoms with Crippen LogP contribution in [0.4, 0.5) is 0 Å². The van der Waals surface area contributed by atoms with Crippen LogP contribution in [-0.2, 0) is 9.53 Å². The molecule has 0 aromatic heterocycles. The molecular formula is C15H22ClNO2. The second-order valence-electron chi connectivity index (χ2n) is 4.86. The van der Waals surface area contributed by atoms with Gasteiger partial charge in [-0.05, 0) is 17.7 Å². The monoisotopic (exact) mass is 283 g/mol. The van der Waals surface area contributed by atoms with Crippen molar-refractivity contribution in [1.82, 2.24) is 5.32 Å². The van der Waals surface area contributed by atoms with Crippen molar-refractivity contribution in [2.24, 2.45) is 5.92 Å². The summed E-state index contributed by atoms with van der Waals surface area (Å²) in [6.07, 6.45) is 0. The molecule has 1 atom stereocenters. The van der Waals surface area contributed by atoms with E-state index in [9.17, 15) is 4.79 Å². The van der Waals surface area contributed by atoms with E-state index in [-0.39, 0.29) is 17.6 Å². The Morgan fingerprint density at radius 3 is 2.47 bits per heavy atom. The molecule has 0 bridgehead atoms. The minimum absolute atomic E-state index is 0.0184. The number of benzene rings is 1. The third-order valence-corrected chi connectivity index (χ3v) is 3.27.